The normalized spacial score (nSPS) is 18.6. The minimum Gasteiger partial charge on any atom is -0.486 e. The van der Waals surface area contributed by atoms with Gasteiger partial charge < -0.3 is 9.47 Å². The fraction of sp³-hybridized carbons (Fsp3) is 0.333. The van der Waals surface area contributed by atoms with Gasteiger partial charge >= 0.3 is 0 Å². The summed E-state index contributed by atoms with van der Waals surface area (Å²) in [5.41, 5.74) is 0.956. The van der Waals surface area contributed by atoms with E-state index >= 15 is 0 Å². The maximum atomic E-state index is 11.4. The fourth-order valence-electron chi connectivity index (χ4n) is 1.84. The lowest BCUT2D eigenvalue weighted by atomic mass is 10.2. The van der Waals surface area contributed by atoms with Gasteiger partial charge in [-0.25, -0.2) is 5.06 Å². The van der Waals surface area contributed by atoms with Crippen molar-refractivity contribution in [2.24, 2.45) is 0 Å². The Labute approximate surface area is 98.8 Å². The van der Waals surface area contributed by atoms with Crippen LogP contribution in [-0.4, -0.2) is 30.8 Å². The monoisotopic (exact) mass is 234 g/mol. The zero-order chi connectivity index (χ0) is 11.7. The molecule has 0 saturated carbocycles. The Kier molecular flexibility index (Phi) is 2.60. The molecule has 0 unspecified atom stereocenters. The molecule has 1 saturated heterocycles. The van der Waals surface area contributed by atoms with Crippen molar-refractivity contribution in [2.75, 3.05) is 19.8 Å². The van der Waals surface area contributed by atoms with E-state index in [4.69, 9.17) is 14.3 Å². The Balaban J connectivity index is 1.77. The summed E-state index contributed by atoms with van der Waals surface area (Å²) in [4.78, 5) is 16.5. The number of rotatable bonds is 2. The molecule has 2 aliphatic heterocycles. The summed E-state index contributed by atoms with van der Waals surface area (Å²) in [6.45, 7) is 1.91. The average molecular weight is 234 g/mol. The Morgan fingerprint density at radius 3 is 2.76 bits per heavy atom. The van der Waals surface area contributed by atoms with Crippen LogP contribution in [0.4, 0.5) is 0 Å². The van der Waals surface area contributed by atoms with Gasteiger partial charge in [0.05, 0.1) is 19.6 Å². The number of carbonyl (C=O) groups is 1. The lowest BCUT2D eigenvalue weighted by molar-refractivity contribution is -0.164. The average Bonchev–Trinajstić information content (AvgIpc) is 2.75. The van der Waals surface area contributed by atoms with E-state index in [1.54, 1.807) is 0 Å². The SMILES string of the molecule is O=C1[CH]CON1Cc1ccc2c(c1)OCCO2. The second kappa shape index (κ2) is 4.25. The number of hydrogen-bond donors (Lipinski definition) is 0. The highest BCUT2D eigenvalue weighted by molar-refractivity contribution is 5.85. The van der Waals surface area contributed by atoms with Gasteiger partial charge in [-0.2, -0.15) is 0 Å². The maximum absolute atomic E-state index is 11.4. The van der Waals surface area contributed by atoms with E-state index in [0.717, 1.165) is 17.1 Å². The Hall–Kier alpha value is -1.75. The Morgan fingerprint density at radius 1 is 1.18 bits per heavy atom. The predicted octanol–water partition coefficient (Wildman–Crippen LogP) is 0.936. The molecule has 5 nitrogen and oxygen atoms in total. The zero-order valence-corrected chi connectivity index (χ0v) is 9.22. The quantitative estimate of drug-likeness (QED) is 0.764. The number of hydroxylamine groups is 2. The molecule has 1 aromatic rings. The van der Waals surface area contributed by atoms with E-state index in [1.165, 1.54) is 11.5 Å². The highest BCUT2D eigenvalue weighted by Gasteiger charge is 2.22. The Morgan fingerprint density at radius 2 is 2.00 bits per heavy atom. The van der Waals surface area contributed by atoms with Gasteiger partial charge in [-0.1, -0.05) is 6.07 Å². The van der Waals surface area contributed by atoms with Crippen LogP contribution in [0.1, 0.15) is 5.56 Å². The first-order valence-corrected chi connectivity index (χ1v) is 5.49. The summed E-state index contributed by atoms with van der Waals surface area (Å²) in [6, 6.07) is 5.64. The second-order valence-electron chi connectivity index (χ2n) is 3.85. The van der Waals surface area contributed by atoms with E-state index in [9.17, 15) is 4.79 Å². The van der Waals surface area contributed by atoms with Crippen molar-refractivity contribution in [2.45, 2.75) is 6.54 Å². The first-order valence-electron chi connectivity index (χ1n) is 5.49. The van der Waals surface area contributed by atoms with Crippen LogP contribution in [0, 0.1) is 6.42 Å². The first-order chi connectivity index (χ1) is 8.33. The minimum atomic E-state index is -0.0973. The van der Waals surface area contributed by atoms with Crippen LogP contribution in [0.15, 0.2) is 18.2 Å². The molecule has 2 heterocycles. The third-order valence-corrected chi connectivity index (χ3v) is 2.67. The molecule has 1 aromatic carbocycles. The molecular formula is C12H12NO4. The summed E-state index contributed by atoms with van der Waals surface area (Å²) in [6.07, 6.45) is 1.51. The van der Waals surface area contributed by atoms with E-state index in [-0.39, 0.29) is 5.91 Å². The third kappa shape index (κ3) is 2.06. The third-order valence-electron chi connectivity index (χ3n) is 2.67. The van der Waals surface area contributed by atoms with Crippen LogP contribution in [0.2, 0.25) is 0 Å². The molecule has 1 fully saturated rings. The molecule has 3 rings (SSSR count). The van der Waals surface area contributed by atoms with Gasteiger partial charge in [0.2, 0.25) is 0 Å². The van der Waals surface area contributed by atoms with Crippen molar-refractivity contribution in [3.8, 4) is 11.5 Å². The number of nitrogens with zero attached hydrogens (tertiary/aromatic N) is 1. The molecular weight excluding hydrogens is 222 g/mol. The van der Waals surface area contributed by atoms with Crippen LogP contribution >= 0.6 is 0 Å². The summed E-state index contributed by atoms with van der Waals surface area (Å²) < 4.78 is 10.9. The zero-order valence-electron chi connectivity index (χ0n) is 9.22. The first kappa shape index (κ1) is 10.4. The number of carbonyl (C=O) groups excluding carboxylic acids is 1. The van der Waals surface area contributed by atoms with Crippen molar-refractivity contribution in [1.82, 2.24) is 5.06 Å². The largest absolute Gasteiger partial charge is 0.486 e. The lowest BCUT2D eigenvalue weighted by Crippen LogP contribution is -2.23. The predicted molar refractivity (Wildman–Crippen MR) is 58.2 cm³/mol. The van der Waals surface area contributed by atoms with Gasteiger partial charge in [-0.15, -0.1) is 0 Å². The molecule has 5 heteroatoms. The number of hydrogen-bond acceptors (Lipinski definition) is 4. The molecule has 0 bridgehead atoms. The van der Waals surface area contributed by atoms with Gasteiger partial charge in [0.15, 0.2) is 11.5 Å². The maximum Gasteiger partial charge on any atom is 0.252 e. The van der Waals surface area contributed by atoms with E-state index in [2.05, 4.69) is 0 Å². The van der Waals surface area contributed by atoms with E-state index < -0.39 is 0 Å². The summed E-state index contributed by atoms with van der Waals surface area (Å²) >= 11 is 0. The van der Waals surface area contributed by atoms with Crippen molar-refractivity contribution < 1.29 is 19.1 Å². The standard InChI is InChI=1S/C12H12NO4/c14-12-3-4-17-13(12)8-9-1-2-10-11(7-9)16-6-5-15-10/h1-3,7H,4-6,8H2. The van der Waals surface area contributed by atoms with Crippen LogP contribution in [0.3, 0.4) is 0 Å². The van der Waals surface area contributed by atoms with Gasteiger partial charge in [0.25, 0.3) is 5.91 Å². The second-order valence-corrected chi connectivity index (χ2v) is 3.85. The van der Waals surface area contributed by atoms with Crippen molar-refractivity contribution >= 4 is 5.91 Å². The number of fused-ring (bicyclic) bond motifs is 1. The lowest BCUT2D eigenvalue weighted by Gasteiger charge is -2.20. The molecule has 2 aliphatic rings. The van der Waals surface area contributed by atoms with Gasteiger partial charge in [-0.3, -0.25) is 9.63 Å². The molecule has 0 atom stereocenters. The van der Waals surface area contributed by atoms with E-state index in [1.807, 2.05) is 18.2 Å². The van der Waals surface area contributed by atoms with Gasteiger partial charge in [0.1, 0.15) is 13.2 Å². The molecule has 0 aliphatic carbocycles. The minimum absolute atomic E-state index is 0.0973. The molecule has 17 heavy (non-hydrogen) atoms. The Bertz CT molecular complexity index is 446. The van der Waals surface area contributed by atoms with Crippen molar-refractivity contribution in [1.29, 1.82) is 0 Å². The van der Waals surface area contributed by atoms with Gasteiger partial charge in [-0.05, 0) is 17.7 Å². The van der Waals surface area contributed by atoms with E-state index in [0.29, 0.717) is 26.4 Å². The van der Waals surface area contributed by atoms with Crippen LogP contribution in [0.5, 0.6) is 11.5 Å². The summed E-state index contributed by atoms with van der Waals surface area (Å²) in [5, 5.41) is 1.34. The molecule has 1 radical (unpaired) electrons. The molecule has 0 spiro atoms. The molecule has 0 N–H and O–H groups in total. The number of ether oxygens (including phenoxy) is 2. The smallest absolute Gasteiger partial charge is 0.252 e. The van der Waals surface area contributed by atoms with Crippen molar-refractivity contribution in [3.05, 3.63) is 30.2 Å². The highest BCUT2D eigenvalue weighted by atomic mass is 16.7. The topological polar surface area (TPSA) is 48.0 Å². The summed E-state index contributed by atoms with van der Waals surface area (Å²) in [7, 11) is 0. The number of benzene rings is 1. The van der Waals surface area contributed by atoms with Gasteiger partial charge in [0, 0.05) is 0 Å². The van der Waals surface area contributed by atoms with Crippen LogP contribution in [-0.2, 0) is 16.2 Å². The van der Waals surface area contributed by atoms with Crippen LogP contribution in [0.25, 0.3) is 0 Å². The fourth-order valence-corrected chi connectivity index (χ4v) is 1.84. The van der Waals surface area contributed by atoms with Crippen molar-refractivity contribution in [3.63, 3.8) is 0 Å². The highest BCUT2D eigenvalue weighted by Crippen LogP contribution is 2.31. The number of amides is 1. The molecule has 0 aromatic heterocycles. The summed E-state index contributed by atoms with van der Waals surface area (Å²) in [5.74, 6) is 1.38. The van der Waals surface area contributed by atoms with Crippen LogP contribution < -0.4 is 9.47 Å². The molecule has 1 amide bonds. The molecule has 89 valence electrons.